The lowest BCUT2D eigenvalue weighted by atomic mass is 10.2. The van der Waals surface area contributed by atoms with Crippen LogP contribution in [0.4, 0.5) is 0 Å². The third-order valence-corrected chi connectivity index (χ3v) is 4.82. The normalized spacial score (nSPS) is 22.1. The average Bonchev–Trinajstić information content (AvgIpc) is 3.16. The van der Waals surface area contributed by atoms with Crippen LogP contribution in [-0.4, -0.2) is 47.6 Å². The number of aromatic nitrogens is 1. The van der Waals surface area contributed by atoms with Gasteiger partial charge in [0.15, 0.2) is 0 Å². The van der Waals surface area contributed by atoms with Crippen LogP contribution in [-0.2, 0) is 13.1 Å². The van der Waals surface area contributed by atoms with E-state index >= 15 is 0 Å². The Kier molecular flexibility index (Phi) is 3.68. The maximum atomic E-state index is 2.61. The van der Waals surface area contributed by atoms with E-state index < -0.39 is 0 Å². The molecular formula is C16H27N3. The molecule has 0 atom stereocenters. The van der Waals surface area contributed by atoms with Crippen LogP contribution in [0.3, 0.4) is 0 Å². The van der Waals surface area contributed by atoms with E-state index in [0.29, 0.717) is 0 Å². The number of hydrogen-bond acceptors (Lipinski definition) is 2. The fraction of sp³-hybridized carbons (Fsp3) is 0.750. The smallest absolute Gasteiger partial charge is 0.0388 e. The summed E-state index contributed by atoms with van der Waals surface area (Å²) in [7, 11) is 2.22. The van der Waals surface area contributed by atoms with Crippen LogP contribution < -0.4 is 0 Å². The van der Waals surface area contributed by atoms with Gasteiger partial charge in [0.1, 0.15) is 0 Å². The third kappa shape index (κ3) is 3.03. The van der Waals surface area contributed by atoms with E-state index in [2.05, 4.69) is 41.3 Å². The maximum Gasteiger partial charge on any atom is 0.0388 e. The SMILES string of the molecule is Cc1cc(CN2CCN(C)CC2)n(CC2CC2)c1C. The van der Waals surface area contributed by atoms with Crippen LogP contribution in [0.15, 0.2) is 6.07 Å². The predicted octanol–water partition coefficient (Wildman–Crippen LogP) is 2.26. The van der Waals surface area contributed by atoms with Gasteiger partial charge in [-0.2, -0.15) is 0 Å². The summed E-state index contributed by atoms with van der Waals surface area (Å²) in [6.07, 6.45) is 2.87. The molecule has 2 fully saturated rings. The lowest BCUT2D eigenvalue weighted by molar-refractivity contribution is 0.145. The van der Waals surface area contributed by atoms with Gasteiger partial charge in [0.25, 0.3) is 0 Å². The second-order valence-corrected chi connectivity index (χ2v) is 6.54. The number of aryl methyl sites for hydroxylation is 1. The Bertz CT molecular complexity index is 437. The van der Waals surface area contributed by atoms with Crippen molar-refractivity contribution in [1.29, 1.82) is 0 Å². The van der Waals surface area contributed by atoms with Crippen LogP contribution in [0, 0.1) is 19.8 Å². The van der Waals surface area contributed by atoms with Crippen molar-refractivity contribution in [3.05, 3.63) is 23.0 Å². The van der Waals surface area contributed by atoms with Gasteiger partial charge in [0, 0.05) is 50.7 Å². The molecule has 2 heterocycles. The van der Waals surface area contributed by atoms with E-state index in [0.717, 1.165) is 12.5 Å². The van der Waals surface area contributed by atoms with Gasteiger partial charge in [0.2, 0.25) is 0 Å². The molecule has 3 heteroatoms. The molecule has 1 aliphatic carbocycles. The van der Waals surface area contributed by atoms with Crippen LogP contribution in [0.1, 0.15) is 29.8 Å². The molecule has 0 aromatic carbocycles. The van der Waals surface area contributed by atoms with Gasteiger partial charge < -0.3 is 9.47 Å². The van der Waals surface area contributed by atoms with Crippen molar-refractivity contribution >= 4 is 0 Å². The fourth-order valence-corrected chi connectivity index (χ4v) is 3.04. The summed E-state index contributed by atoms with van der Waals surface area (Å²) in [5, 5.41) is 0. The van der Waals surface area contributed by atoms with Crippen molar-refractivity contribution < 1.29 is 0 Å². The van der Waals surface area contributed by atoms with Crippen molar-refractivity contribution in [2.75, 3.05) is 33.2 Å². The molecule has 0 spiro atoms. The van der Waals surface area contributed by atoms with Crippen LogP contribution >= 0.6 is 0 Å². The minimum atomic E-state index is 0.955. The lowest BCUT2D eigenvalue weighted by Crippen LogP contribution is -2.44. The molecule has 0 radical (unpaired) electrons. The zero-order valence-electron chi connectivity index (χ0n) is 12.7. The zero-order valence-corrected chi connectivity index (χ0v) is 12.7. The van der Waals surface area contributed by atoms with E-state index in [1.807, 2.05) is 0 Å². The first-order valence-corrected chi connectivity index (χ1v) is 7.70. The van der Waals surface area contributed by atoms with E-state index in [-0.39, 0.29) is 0 Å². The second-order valence-electron chi connectivity index (χ2n) is 6.54. The summed E-state index contributed by atoms with van der Waals surface area (Å²) in [5.41, 5.74) is 4.48. The first-order valence-electron chi connectivity index (χ1n) is 7.70. The summed E-state index contributed by atoms with van der Waals surface area (Å²) >= 11 is 0. The quantitative estimate of drug-likeness (QED) is 0.824. The van der Waals surface area contributed by atoms with Crippen molar-refractivity contribution in [3.63, 3.8) is 0 Å². The first-order chi connectivity index (χ1) is 9.13. The highest BCUT2D eigenvalue weighted by Gasteiger charge is 2.24. The van der Waals surface area contributed by atoms with E-state index in [1.165, 1.54) is 62.5 Å². The number of piperazine rings is 1. The molecule has 3 nitrogen and oxygen atoms in total. The molecule has 1 aromatic rings. The predicted molar refractivity (Wildman–Crippen MR) is 79.4 cm³/mol. The highest BCUT2D eigenvalue weighted by Crippen LogP contribution is 2.32. The Morgan fingerprint density at radius 3 is 2.42 bits per heavy atom. The summed E-state index contributed by atoms with van der Waals surface area (Å²) in [4.78, 5) is 5.04. The molecule has 106 valence electrons. The van der Waals surface area contributed by atoms with Gasteiger partial charge >= 0.3 is 0 Å². The molecule has 19 heavy (non-hydrogen) atoms. The van der Waals surface area contributed by atoms with Crippen LogP contribution in [0.25, 0.3) is 0 Å². The molecule has 1 saturated heterocycles. The summed E-state index contributed by atoms with van der Waals surface area (Å²) in [6, 6.07) is 2.41. The first kappa shape index (κ1) is 13.2. The Hall–Kier alpha value is -0.800. The molecule has 1 aliphatic heterocycles. The highest BCUT2D eigenvalue weighted by molar-refractivity contribution is 5.26. The Labute approximate surface area is 117 Å². The molecule has 1 saturated carbocycles. The van der Waals surface area contributed by atoms with E-state index in [1.54, 1.807) is 0 Å². The summed E-state index contributed by atoms with van der Waals surface area (Å²) < 4.78 is 2.59. The highest BCUT2D eigenvalue weighted by atomic mass is 15.3. The van der Waals surface area contributed by atoms with Crippen molar-refractivity contribution in [2.24, 2.45) is 5.92 Å². The molecular weight excluding hydrogens is 234 g/mol. The van der Waals surface area contributed by atoms with Gasteiger partial charge in [-0.25, -0.2) is 0 Å². The number of likely N-dealkylation sites (N-methyl/N-ethyl adjacent to an activating group) is 1. The van der Waals surface area contributed by atoms with Gasteiger partial charge in [-0.3, -0.25) is 4.90 Å². The summed E-state index contributed by atoms with van der Waals surface area (Å²) in [5.74, 6) is 0.955. The molecule has 0 amide bonds. The van der Waals surface area contributed by atoms with Gasteiger partial charge in [-0.05, 0) is 51.3 Å². The largest absolute Gasteiger partial charge is 0.347 e. The van der Waals surface area contributed by atoms with E-state index in [9.17, 15) is 0 Å². The van der Waals surface area contributed by atoms with E-state index in [4.69, 9.17) is 0 Å². The maximum absolute atomic E-state index is 2.61. The van der Waals surface area contributed by atoms with Crippen molar-refractivity contribution in [2.45, 2.75) is 39.8 Å². The molecule has 1 aromatic heterocycles. The molecule has 0 unspecified atom stereocenters. The average molecular weight is 261 g/mol. The van der Waals surface area contributed by atoms with Crippen molar-refractivity contribution in [3.8, 4) is 0 Å². The number of hydrogen-bond donors (Lipinski definition) is 0. The third-order valence-electron chi connectivity index (χ3n) is 4.82. The topological polar surface area (TPSA) is 11.4 Å². The van der Waals surface area contributed by atoms with Crippen molar-refractivity contribution in [1.82, 2.24) is 14.4 Å². The monoisotopic (exact) mass is 261 g/mol. The Balaban J connectivity index is 1.70. The molecule has 0 bridgehead atoms. The van der Waals surface area contributed by atoms with Crippen LogP contribution in [0.2, 0.25) is 0 Å². The Morgan fingerprint density at radius 1 is 1.11 bits per heavy atom. The molecule has 2 aliphatic rings. The minimum Gasteiger partial charge on any atom is -0.347 e. The molecule has 0 N–H and O–H groups in total. The number of rotatable bonds is 4. The zero-order chi connectivity index (χ0) is 13.4. The standard InChI is InChI=1S/C16H27N3/c1-13-10-16(12-18-8-6-17(3)7-9-18)19(14(13)2)11-15-4-5-15/h10,15H,4-9,11-12H2,1-3H3. The van der Waals surface area contributed by atoms with Gasteiger partial charge in [-0.1, -0.05) is 0 Å². The fourth-order valence-electron chi connectivity index (χ4n) is 3.04. The minimum absolute atomic E-state index is 0.955. The van der Waals surface area contributed by atoms with Gasteiger partial charge in [0.05, 0.1) is 0 Å². The number of nitrogens with zero attached hydrogens (tertiary/aromatic N) is 3. The second kappa shape index (κ2) is 5.29. The molecule has 3 rings (SSSR count). The van der Waals surface area contributed by atoms with Gasteiger partial charge in [-0.15, -0.1) is 0 Å². The Morgan fingerprint density at radius 2 is 1.79 bits per heavy atom. The summed E-state index contributed by atoms with van der Waals surface area (Å²) in [6.45, 7) is 11.8. The lowest BCUT2D eigenvalue weighted by Gasteiger charge is -2.32. The van der Waals surface area contributed by atoms with Crippen LogP contribution in [0.5, 0.6) is 0 Å².